The summed E-state index contributed by atoms with van der Waals surface area (Å²) in [5.74, 6) is -0.270. The van der Waals surface area contributed by atoms with Gasteiger partial charge in [-0.1, -0.05) is 11.6 Å². The highest BCUT2D eigenvalue weighted by Gasteiger charge is 2.11. The van der Waals surface area contributed by atoms with E-state index in [9.17, 15) is 9.59 Å². The molecule has 0 radical (unpaired) electrons. The topological polar surface area (TPSA) is 52.6 Å². The standard InChI is InChI=1S/C13H15ClO4/c1-8(2)18-13-5-4-10(6-11(13)14)12(16)7-17-9(3)15/h4-6,8H,7H2,1-3H3. The number of hydrogen-bond acceptors (Lipinski definition) is 4. The molecule has 18 heavy (non-hydrogen) atoms. The lowest BCUT2D eigenvalue weighted by Crippen LogP contribution is -2.12. The van der Waals surface area contributed by atoms with Crippen molar-refractivity contribution in [2.24, 2.45) is 0 Å². The van der Waals surface area contributed by atoms with Crippen LogP contribution in [0, 0.1) is 0 Å². The molecule has 1 aromatic rings. The maximum absolute atomic E-state index is 11.7. The third-order valence-electron chi connectivity index (χ3n) is 2.02. The van der Waals surface area contributed by atoms with E-state index in [4.69, 9.17) is 16.3 Å². The summed E-state index contributed by atoms with van der Waals surface area (Å²) in [7, 11) is 0. The minimum Gasteiger partial charge on any atom is -0.489 e. The molecular formula is C13H15ClO4. The van der Waals surface area contributed by atoms with Gasteiger partial charge < -0.3 is 9.47 Å². The van der Waals surface area contributed by atoms with Crippen LogP contribution >= 0.6 is 11.6 Å². The van der Waals surface area contributed by atoms with E-state index in [0.717, 1.165) is 0 Å². The molecule has 5 heteroatoms. The van der Waals surface area contributed by atoms with Crippen molar-refractivity contribution in [1.82, 2.24) is 0 Å². The lowest BCUT2D eigenvalue weighted by molar-refractivity contribution is -0.139. The second-order valence-electron chi connectivity index (χ2n) is 4.02. The molecule has 0 aliphatic rings. The summed E-state index contributed by atoms with van der Waals surface area (Å²) in [6.45, 7) is 4.74. The van der Waals surface area contributed by atoms with E-state index in [2.05, 4.69) is 4.74 Å². The van der Waals surface area contributed by atoms with Crippen molar-refractivity contribution >= 4 is 23.4 Å². The molecule has 1 aromatic carbocycles. The predicted molar refractivity (Wildman–Crippen MR) is 68.2 cm³/mol. The van der Waals surface area contributed by atoms with Crippen molar-refractivity contribution < 1.29 is 19.1 Å². The molecule has 0 fully saturated rings. The molecule has 0 heterocycles. The van der Waals surface area contributed by atoms with E-state index >= 15 is 0 Å². The molecule has 0 saturated heterocycles. The largest absolute Gasteiger partial charge is 0.489 e. The zero-order valence-corrected chi connectivity index (χ0v) is 11.3. The van der Waals surface area contributed by atoms with Gasteiger partial charge in [-0.05, 0) is 32.0 Å². The first-order valence-corrected chi connectivity index (χ1v) is 5.90. The smallest absolute Gasteiger partial charge is 0.303 e. The zero-order chi connectivity index (χ0) is 13.7. The second kappa shape index (κ2) is 6.40. The molecule has 0 aliphatic heterocycles. The Hall–Kier alpha value is -1.55. The van der Waals surface area contributed by atoms with Gasteiger partial charge in [-0.25, -0.2) is 0 Å². The molecule has 0 atom stereocenters. The molecular weight excluding hydrogens is 256 g/mol. The van der Waals surface area contributed by atoms with Crippen LogP contribution in [0.4, 0.5) is 0 Å². The number of ether oxygens (including phenoxy) is 2. The summed E-state index contributed by atoms with van der Waals surface area (Å²) in [6.07, 6.45) is 0.00472. The Labute approximate surface area is 111 Å². The third kappa shape index (κ3) is 4.37. The average Bonchev–Trinajstić information content (AvgIpc) is 2.28. The van der Waals surface area contributed by atoms with Crippen LogP contribution in [-0.4, -0.2) is 24.5 Å². The number of benzene rings is 1. The Balaban J connectivity index is 2.77. The summed E-state index contributed by atoms with van der Waals surface area (Å²) in [6, 6.07) is 4.73. The van der Waals surface area contributed by atoms with E-state index in [1.165, 1.54) is 13.0 Å². The molecule has 0 spiro atoms. The lowest BCUT2D eigenvalue weighted by atomic mass is 10.1. The second-order valence-corrected chi connectivity index (χ2v) is 4.42. The summed E-state index contributed by atoms with van der Waals surface area (Å²) in [5.41, 5.74) is 0.386. The van der Waals surface area contributed by atoms with Gasteiger partial charge in [-0.2, -0.15) is 0 Å². The van der Waals surface area contributed by atoms with Crippen molar-refractivity contribution in [2.75, 3.05) is 6.61 Å². The molecule has 98 valence electrons. The van der Waals surface area contributed by atoms with Crippen LogP contribution in [0.5, 0.6) is 5.75 Å². The number of halogens is 1. The van der Waals surface area contributed by atoms with Crippen molar-refractivity contribution in [3.63, 3.8) is 0 Å². The molecule has 0 N–H and O–H groups in total. The van der Waals surface area contributed by atoms with E-state index in [-0.39, 0.29) is 18.5 Å². The Morgan fingerprint density at radius 3 is 2.50 bits per heavy atom. The number of esters is 1. The number of rotatable bonds is 5. The van der Waals surface area contributed by atoms with Crippen LogP contribution in [0.25, 0.3) is 0 Å². The van der Waals surface area contributed by atoms with Gasteiger partial charge in [0.05, 0.1) is 11.1 Å². The fourth-order valence-corrected chi connectivity index (χ4v) is 1.50. The maximum Gasteiger partial charge on any atom is 0.303 e. The van der Waals surface area contributed by atoms with Gasteiger partial charge in [0, 0.05) is 12.5 Å². The van der Waals surface area contributed by atoms with Gasteiger partial charge in [0.1, 0.15) is 5.75 Å². The molecule has 0 aromatic heterocycles. The van der Waals surface area contributed by atoms with Crippen molar-refractivity contribution in [2.45, 2.75) is 26.9 Å². The average molecular weight is 271 g/mol. The Morgan fingerprint density at radius 2 is 2.00 bits per heavy atom. The van der Waals surface area contributed by atoms with Crippen LogP contribution in [-0.2, 0) is 9.53 Å². The van der Waals surface area contributed by atoms with E-state index < -0.39 is 5.97 Å². The Morgan fingerprint density at radius 1 is 1.33 bits per heavy atom. The van der Waals surface area contributed by atoms with Crippen molar-refractivity contribution in [3.05, 3.63) is 28.8 Å². The first-order valence-electron chi connectivity index (χ1n) is 5.53. The van der Waals surface area contributed by atoms with Crippen LogP contribution in [0.3, 0.4) is 0 Å². The first-order chi connectivity index (χ1) is 8.40. The monoisotopic (exact) mass is 270 g/mol. The van der Waals surface area contributed by atoms with Gasteiger partial charge >= 0.3 is 5.97 Å². The zero-order valence-electron chi connectivity index (χ0n) is 10.5. The van der Waals surface area contributed by atoms with Crippen LogP contribution in [0.15, 0.2) is 18.2 Å². The highest BCUT2D eigenvalue weighted by Crippen LogP contribution is 2.26. The fraction of sp³-hybridized carbons (Fsp3) is 0.385. The van der Waals surface area contributed by atoms with E-state index in [0.29, 0.717) is 16.3 Å². The first kappa shape index (κ1) is 14.5. The normalized spacial score (nSPS) is 10.3. The van der Waals surface area contributed by atoms with Gasteiger partial charge in [0.15, 0.2) is 12.4 Å². The lowest BCUT2D eigenvalue weighted by Gasteiger charge is -2.11. The Kier molecular flexibility index (Phi) is 5.16. The van der Waals surface area contributed by atoms with Crippen LogP contribution in [0.2, 0.25) is 5.02 Å². The fourth-order valence-electron chi connectivity index (χ4n) is 1.27. The SMILES string of the molecule is CC(=O)OCC(=O)c1ccc(OC(C)C)c(Cl)c1. The molecule has 0 amide bonds. The van der Waals surface area contributed by atoms with Crippen LogP contribution in [0.1, 0.15) is 31.1 Å². The Bertz CT molecular complexity index is 454. The van der Waals surface area contributed by atoms with Gasteiger partial charge in [-0.15, -0.1) is 0 Å². The number of ketones is 1. The highest BCUT2D eigenvalue weighted by molar-refractivity contribution is 6.32. The molecule has 0 saturated carbocycles. The van der Waals surface area contributed by atoms with Gasteiger partial charge in [0.25, 0.3) is 0 Å². The number of carbonyl (C=O) groups is 2. The molecule has 0 bridgehead atoms. The highest BCUT2D eigenvalue weighted by atomic mass is 35.5. The molecule has 1 rings (SSSR count). The summed E-state index contributed by atoms with van der Waals surface area (Å²) >= 11 is 6.00. The minimum absolute atomic E-state index is 0.00472. The van der Waals surface area contributed by atoms with E-state index in [1.54, 1.807) is 12.1 Å². The number of hydrogen-bond donors (Lipinski definition) is 0. The van der Waals surface area contributed by atoms with Gasteiger partial charge in [0.2, 0.25) is 0 Å². The summed E-state index contributed by atoms with van der Waals surface area (Å²) in [5, 5.41) is 0.359. The van der Waals surface area contributed by atoms with Crippen LogP contribution < -0.4 is 4.74 Å². The molecule has 0 aliphatic carbocycles. The van der Waals surface area contributed by atoms with Crippen molar-refractivity contribution in [1.29, 1.82) is 0 Å². The molecule has 4 nitrogen and oxygen atoms in total. The van der Waals surface area contributed by atoms with Gasteiger partial charge in [-0.3, -0.25) is 9.59 Å². The predicted octanol–water partition coefficient (Wildman–Crippen LogP) is 2.87. The summed E-state index contributed by atoms with van der Waals surface area (Å²) < 4.78 is 10.1. The number of carbonyl (C=O) groups excluding carboxylic acids is 2. The van der Waals surface area contributed by atoms with Crippen molar-refractivity contribution in [3.8, 4) is 5.75 Å². The van der Waals surface area contributed by atoms with E-state index in [1.807, 2.05) is 13.8 Å². The quantitative estimate of drug-likeness (QED) is 0.610. The number of Topliss-reactive ketones (excluding diaryl/α,β-unsaturated/α-hetero) is 1. The molecule has 0 unspecified atom stereocenters. The maximum atomic E-state index is 11.7. The third-order valence-corrected chi connectivity index (χ3v) is 2.32. The minimum atomic E-state index is -0.491. The summed E-state index contributed by atoms with van der Waals surface area (Å²) in [4.78, 5) is 22.3.